The Balaban J connectivity index is 2.37. The summed E-state index contributed by atoms with van der Waals surface area (Å²) in [7, 11) is 1.43. The summed E-state index contributed by atoms with van der Waals surface area (Å²) in [5.74, 6) is 0.305. The Hall–Kier alpha value is -1.83. The van der Waals surface area contributed by atoms with Crippen LogP contribution in [0.1, 0.15) is 24.2 Å². The fraction of sp³-hybridized carbons (Fsp3) is 0.429. The van der Waals surface area contributed by atoms with E-state index in [2.05, 4.69) is 15.4 Å². The zero-order valence-electron chi connectivity index (χ0n) is 12.3. The van der Waals surface area contributed by atoms with E-state index in [9.17, 15) is 18.4 Å². The molecule has 2 N–H and O–H groups in total. The van der Waals surface area contributed by atoms with Gasteiger partial charge in [0.15, 0.2) is 0 Å². The van der Waals surface area contributed by atoms with Gasteiger partial charge in [-0.15, -0.1) is 0 Å². The number of nitrogens with one attached hydrogen (secondary N) is 2. The van der Waals surface area contributed by atoms with Gasteiger partial charge < -0.3 is 10.1 Å². The van der Waals surface area contributed by atoms with Gasteiger partial charge >= 0.3 is 12.6 Å². The third-order valence-corrected chi connectivity index (χ3v) is 3.96. The number of halogens is 2. The number of ether oxygens (including phenoxy) is 1. The lowest BCUT2D eigenvalue weighted by Crippen LogP contribution is -2.37. The smallest absolute Gasteiger partial charge is 0.387 e. The molecule has 0 aromatic heterocycles. The first-order valence-corrected chi connectivity index (χ1v) is 7.65. The maximum atomic E-state index is 12.0. The van der Waals surface area contributed by atoms with Gasteiger partial charge in [-0.3, -0.25) is 10.1 Å². The van der Waals surface area contributed by atoms with Crippen molar-refractivity contribution >= 4 is 23.7 Å². The molecule has 0 fully saturated rings. The normalized spacial score (nSPS) is 11.9. The first-order chi connectivity index (χ1) is 10.4. The summed E-state index contributed by atoms with van der Waals surface area (Å²) in [6.07, 6.45) is 0.217. The van der Waals surface area contributed by atoms with Gasteiger partial charge in [-0.1, -0.05) is 12.1 Å². The minimum absolute atomic E-state index is 0.0911. The number of thioether (sulfide) groups is 1. The maximum absolute atomic E-state index is 12.0. The largest absolute Gasteiger partial charge is 0.435 e. The predicted octanol–water partition coefficient (Wildman–Crippen LogP) is 2.93. The second kappa shape index (κ2) is 9.24. The second-order valence-electron chi connectivity index (χ2n) is 4.34. The minimum Gasteiger partial charge on any atom is -0.435 e. The van der Waals surface area contributed by atoms with Crippen molar-refractivity contribution in [1.29, 1.82) is 0 Å². The van der Waals surface area contributed by atoms with Crippen molar-refractivity contribution in [2.24, 2.45) is 0 Å². The molecule has 5 nitrogen and oxygen atoms in total. The third kappa shape index (κ3) is 6.75. The fourth-order valence-electron chi connectivity index (χ4n) is 1.60. The van der Waals surface area contributed by atoms with E-state index in [-0.39, 0.29) is 23.3 Å². The van der Waals surface area contributed by atoms with Crippen LogP contribution in [0.15, 0.2) is 24.3 Å². The fourth-order valence-corrected chi connectivity index (χ4v) is 2.60. The van der Waals surface area contributed by atoms with Gasteiger partial charge in [-0.05, 0) is 24.6 Å². The topological polar surface area (TPSA) is 67.4 Å². The van der Waals surface area contributed by atoms with Crippen molar-refractivity contribution in [1.82, 2.24) is 10.6 Å². The number of alkyl halides is 2. The Bertz CT molecular complexity index is 497. The predicted molar refractivity (Wildman–Crippen MR) is 81.2 cm³/mol. The average molecular weight is 332 g/mol. The number of urea groups is 1. The van der Waals surface area contributed by atoms with Gasteiger partial charge in [0.1, 0.15) is 5.75 Å². The van der Waals surface area contributed by atoms with Crippen molar-refractivity contribution in [2.45, 2.75) is 25.2 Å². The van der Waals surface area contributed by atoms with Crippen LogP contribution < -0.4 is 15.4 Å². The summed E-state index contributed by atoms with van der Waals surface area (Å²) in [5.41, 5.74) is 0.943. The van der Waals surface area contributed by atoms with E-state index in [1.165, 1.54) is 30.9 Å². The lowest BCUT2D eigenvalue weighted by molar-refractivity contribution is -0.119. The number of hydrogen-bond acceptors (Lipinski definition) is 4. The molecule has 0 saturated heterocycles. The molecule has 0 aliphatic rings. The summed E-state index contributed by atoms with van der Waals surface area (Å²) in [4.78, 5) is 22.3. The molecule has 0 spiro atoms. The summed E-state index contributed by atoms with van der Waals surface area (Å²) in [6.45, 7) is -0.888. The first-order valence-electron chi connectivity index (χ1n) is 6.60. The molecular formula is C14H18F2N2O3S. The van der Waals surface area contributed by atoms with Crippen molar-refractivity contribution in [3.63, 3.8) is 0 Å². The number of imide groups is 1. The molecule has 8 heteroatoms. The van der Waals surface area contributed by atoms with Gasteiger partial charge in [-0.2, -0.15) is 20.5 Å². The maximum Gasteiger partial charge on any atom is 0.387 e. The number of carbonyl (C=O) groups is 2. The van der Waals surface area contributed by atoms with E-state index in [0.717, 1.165) is 5.56 Å². The van der Waals surface area contributed by atoms with Crippen LogP contribution in [0.25, 0.3) is 0 Å². The number of benzene rings is 1. The summed E-state index contributed by atoms with van der Waals surface area (Å²) >= 11 is 1.53. The number of rotatable bonds is 7. The molecule has 0 aliphatic heterocycles. The molecule has 0 aliphatic carbocycles. The highest BCUT2D eigenvalue weighted by Gasteiger charge is 2.10. The van der Waals surface area contributed by atoms with E-state index in [0.29, 0.717) is 5.75 Å². The Morgan fingerprint density at radius 3 is 2.45 bits per heavy atom. The Kier molecular flexibility index (Phi) is 7.65. The van der Waals surface area contributed by atoms with Crippen molar-refractivity contribution in [2.75, 3.05) is 12.8 Å². The van der Waals surface area contributed by atoms with Crippen molar-refractivity contribution in [3.05, 3.63) is 29.8 Å². The molecule has 1 aromatic rings. The standard InChI is InChI=1S/C14H18F2N2O3S/c1-9(22-8-7-12(19)18-14(20)17-2)10-3-5-11(6-4-10)21-13(15)16/h3-6,9,13H,7-8H2,1-2H3,(H2,17,18,19,20). The lowest BCUT2D eigenvalue weighted by Gasteiger charge is -2.12. The second-order valence-corrected chi connectivity index (χ2v) is 5.79. The summed E-state index contributed by atoms with van der Waals surface area (Å²) < 4.78 is 28.4. The monoisotopic (exact) mass is 332 g/mol. The lowest BCUT2D eigenvalue weighted by atomic mass is 10.2. The third-order valence-electron chi connectivity index (χ3n) is 2.75. The van der Waals surface area contributed by atoms with Gasteiger partial charge in [-0.25, -0.2) is 4.79 Å². The van der Waals surface area contributed by atoms with Crippen LogP contribution in [0, 0.1) is 0 Å². The van der Waals surface area contributed by atoms with E-state index in [1.54, 1.807) is 12.1 Å². The SMILES string of the molecule is CNC(=O)NC(=O)CCSC(C)c1ccc(OC(F)F)cc1. The number of amides is 3. The Morgan fingerprint density at radius 1 is 1.27 bits per heavy atom. The molecular weight excluding hydrogens is 314 g/mol. The summed E-state index contributed by atoms with van der Waals surface area (Å²) in [5, 5.41) is 4.57. The highest BCUT2D eigenvalue weighted by molar-refractivity contribution is 7.99. The van der Waals surface area contributed by atoms with Crippen LogP contribution in [-0.4, -0.2) is 31.4 Å². The molecule has 1 rings (SSSR count). The molecule has 3 amide bonds. The average Bonchev–Trinajstić information content (AvgIpc) is 2.47. The summed E-state index contributed by atoms with van der Waals surface area (Å²) in [6, 6.07) is 5.85. The van der Waals surface area contributed by atoms with Gasteiger partial charge in [0.25, 0.3) is 0 Å². The Morgan fingerprint density at radius 2 is 1.91 bits per heavy atom. The zero-order valence-corrected chi connectivity index (χ0v) is 13.1. The van der Waals surface area contributed by atoms with E-state index >= 15 is 0 Å². The molecule has 0 bridgehead atoms. The van der Waals surface area contributed by atoms with Gasteiger partial charge in [0, 0.05) is 24.5 Å². The number of hydrogen-bond donors (Lipinski definition) is 2. The van der Waals surface area contributed by atoms with Crippen LogP contribution in [0.5, 0.6) is 5.75 Å². The molecule has 0 radical (unpaired) electrons. The molecule has 0 saturated carbocycles. The van der Waals surface area contributed by atoms with Gasteiger partial charge in [0.05, 0.1) is 0 Å². The molecule has 1 unspecified atom stereocenters. The molecule has 1 aromatic carbocycles. The molecule has 122 valence electrons. The zero-order chi connectivity index (χ0) is 16.5. The van der Waals surface area contributed by atoms with Crippen LogP contribution in [-0.2, 0) is 4.79 Å². The van der Waals surface area contributed by atoms with Crippen LogP contribution >= 0.6 is 11.8 Å². The minimum atomic E-state index is -2.84. The van der Waals surface area contributed by atoms with Crippen molar-refractivity contribution < 1.29 is 23.1 Å². The van der Waals surface area contributed by atoms with Crippen molar-refractivity contribution in [3.8, 4) is 5.75 Å². The highest BCUT2D eigenvalue weighted by atomic mass is 32.2. The van der Waals surface area contributed by atoms with Crippen LogP contribution in [0.2, 0.25) is 0 Å². The Labute approximate surface area is 131 Å². The first kappa shape index (κ1) is 18.2. The molecule has 0 heterocycles. The van der Waals surface area contributed by atoms with Gasteiger partial charge in [0.2, 0.25) is 5.91 Å². The quantitative estimate of drug-likeness (QED) is 0.806. The van der Waals surface area contributed by atoms with E-state index in [1.807, 2.05) is 6.92 Å². The van der Waals surface area contributed by atoms with E-state index < -0.39 is 12.6 Å². The highest BCUT2D eigenvalue weighted by Crippen LogP contribution is 2.29. The van der Waals surface area contributed by atoms with Crippen LogP contribution in [0.4, 0.5) is 13.6 Å². The molecule has 22 heavy (non-hydrogen) atoms. The molecule has 1 atom stereocenters. The van der Waals surface area contributed by atoms with Crippen LogP contribution in [0.3, 0.4) is 0 Å². The number of carbonyl (C=O) groups excluding carboxylic acids is 2. The van der Waals surface area contributed by atoms with E-state index in [4.69, 9.17) is 0 Å².